The molecule has 0 amide bonds. The fourth-order valence-electron chi connectivity index (χ4n) is 24.4. The van der Waals surface area contributed by atoms with Crippen LogP contribution in [0.25, 0.3) is 43.1 Å². The molecule has 2 heterocycles. The first kappa shape index (κ1) is 63.0. The minimum atomic E-state index is -7.81. The number of benzene rings is 8. The summed E-state index contributed by atoms with van der Waals surface area (Å²) in [6, 6.07) is 53.5. The zero-order chi connectivity index (χ0) is 68.0. The fourth-order valence-corrected chi connectivity index (χ4v) is 148. The summed E-state index contributed by atoms with van der Waals surface area (Å²) < 4.78 is 21.4. The Morgan fingerprint density at radius 2 is 0.556 bits per heavy atom. The first-order valence-electron chi connectivity index (χ1n) is 35.2. The average Bonchev–Trinajstić information content (AvgIpc) is 1.52. The third-order valence-corrected chi connectivity index (χ3v) is 112. The van der Waals surface area contributed by atoms with Gasteiger partial charge in [0.05, 0.1) is 0 Å². The van der Waals surface area contributed by atoms with E-state index in [0.717, 1.165) is 66.1 Å². The number of halogens is 2. The van der Waals surface area contributed by atoms with E-state index in [1.54, 1.807) is 28.4 Å². The predicted octanol–water partition coefficient (Wildman–Crippen LogP) is 23.4. The summed E-state index contributed by atoms with van der Waals surface area (Å²) in [5.74, 6) is 2.91. The molecule has 2 fully saturated rings. The van der Waals surface area contributed by atoms with E-state index in [1.807, 2.05) is 0 Å². The summed E-state index contributed by atoms with van der Waals surface area (Å²) in [6.45, 7) is 15.5. The van der Waals surface area contributed by atoms with Gasteiger partial charge in [-0.15, -0.1) is 0 Å². The molecule has 4 nitrogen and oxygen atoms in total. The van der Waals surface area contributed by atoms with Gasteiger partial charge in [-0.25, -0.2) is 0 Å². The van der Waals surface area contributed by atoms with Crippen LogP contribution in [-0.2, 0) is 14.9 Å². The van der Waals surface area contributed by atoms with Crippen LogP contribution in [0, 0.1) is 0 Å². The van der Waals surface area contributed by atoms with Gasteiger partial charge in [0.25, 0.3) is 0 Å². The monoisotopic (exact) mass is 1440 g/mol. The molecule has 8 aromatic rings. The van der Waals surface area contributed by atoms with Gasteiger partial charge in [0.15, 0.2) is 0 Å². The van der Waals surface area contributed by atoms with Crippen LogP contribution in [0.2, 0.25) is 24.1 Å². The maximum absolute atomic E-state index is 11.6. The standard InChI is InChI=1S/2C45H40O2Si.2ClH.Zr/c2*1-28-24-40-34(32-22-20-30-12-10-18-42(46-3)38(30)26-32)14-6-8-16-36(40)44(28)48(5)45-29(2)25-41-35(15-7-9-17-37(41)45)33-23-21-31-13-11-19-43(47-4)39(31)27-33;;;/h2*6-27,34-35,48H,1-5H3;2*1H;/q;;;;+2/p-2. The Labute approximate surface area is 589 Å². The molecule has 2 saturated heterocycles. The van der Waals surface area contributed by atoms with Crippen molar-refractivity contribution in [3.8, 4) is 23.0 Å². The molecule has 0 aromatic heterocycles. The Kier molecular flexibility index (Phi) is 13.8. The number of hydrogen-bond donors (Lipinski definition) is 0. The van der Waals surface area contributed by atoms with Crippen molar-refractivity contribution in [2.45, 2.75) is 75.4 Å². The molecule has 2 aliphatic heterocycles. The van der Waals surface area contributed by atoms with Gasteiger partial charge in [-0.05, 0) is 0 Å². The fraction of sp³-hybridized carbons (Fsp3) is 0.200. The summed E-state index contributed by atoms with van der Waals surface area (Å²) in [7, 11) is 25.0. The van der Waals surface area contributed by atoms with Gasteiger partial charge >= 0.3 is 595 Å². The summed E-state index contributed by atoms with van der Waals surface area (Å²) >= 11 is -7.81. The molecule has 8 unspecified atom stereocenters. The second-order valence-electron chi connectivity index (χ2n) is 29.7. The summed E-state index contributed by atoms with van der Waals surface area (Å²) in [4.78, 5) is 0. The maximum atomic E-state index is 11.6. The van der Waals surface area contributed by atoms with Crippen LogP contribution in [0.3, 0.4) is 0 Å². The Morgan fingerprint density at radius 3 is 0.778 bits per heavy atom. The van der Waals surface area contributed by atoms with Crippen LogP contribution in [-0.4, -0.2) is 46.0 Å². The van der Waals surface area contributed by atoms with E-state index in [1.165, 1.54) is 89.1 Å². The Balaban J connectivity index is 1.01. The molecule has 8 aromatic carbocycles. The van der Waals surface area contributed by atoms with Crippen LogP contribution < -0.4 is 18.9 Å². The van der Waals surface area contributed by atoms with Crippen LogP contribution in [0.5, 0.6) is 23.0 Å². The van der Waals surface area contributed by atoms with Crippen LogP contribution in [0.4, 0.5) is 0 Å². The van der Waals surface area contributed by atoms with Gasteiger partial charge in [0.2, 0.25) is 0 Å². The van der Waals surface area contributed by atoms with Crippen molar-refractivity contribution in [3.05, 3.63) is 356 Å². The molecule has 0 N–H and O–H groups in total. The van der Waals surface area contributed by atoms with E-state index >= 15 is 0 Å². The summed E-state index contributed by atoms with van der Waals surface area (Å²) in [6.07, 6.45) is 49.0. The van der Waals surface area contributed by atoms with Crippen molar-refractivity contribution in [1.29, 1.82) is 0 Å². The Hall–Kier alpha value is -8.26. The normalized spacial score (nSPS) is 30.3. The van der Waals surface area contributed by atoms with E-state index < -0.39 is 43.5 Å². The van der Waals surface area contributed by atoms with Crippen LogP contribution >= 0.6 is 17.0 Å². The number of methoxy groups -OCH3 is 4. The molecular weight excluding hydrogens is 1360 g/mol. The molecular formula is C90H80Cl2O4Si2Zr. The first-order valence-corrected chi connectivity index (χ1v) is 51.0. The van der Waals surface area contributed by atoms with E-state index in [9.17, 15) is 17.0 Å². The molecule has 99 heavy (non-hydrogen) atoms. The quantitative estimate of drug-likeness (QED) is 0.142. The molecule has 490 valence electrons. The second kappa shape index (κ2) is 21.6. The van der Waals surface area contributed by atoms with Gasteiger partial charge in [0, 0.05) is 0 Å². The molecule has 10 aliphatic rings. The van der Waals surface area contributed by atoms with E-state index in [4.69, 9.17) is 18.9 Å². The molecule has 8 atom stereocenters. The van der Waals surface area contributed by atoms with Crippen molar-refractivity contribution >= 4 is 77.7 Å². The van der Waals surface area contributed by atoms with Gasteiger partial charge < -0.3 is 0 Å². The topological polar surface area (TPSA) is 36.9 Å². The van der Waals surface area contributed by atoms with Gasteiger partial charge in [0.1, 0.15) is 0 Å². The summed E-state index contributed by atoms with van der Waals surface area (Å²) in [5, 5.41) is 8.95. The van der Waals surface area contributed by atoms with E-state index in [2.05, 4.69) is 308 Å². The zero-order valence-corrected chi connectivity index (χ0v) is 64.0. The number of rotatable bonds is 8. The SMILES string of the molecule is COc1cccc2ccc(C3C=CC=CC4=C3C=C(C)[C]43[SiH](C)[C]4(C(C)=CC5=C4C=CC=CC5c4ccc5cccc(OC)c5c4)[Zr]34([Cl])([Cl])[C]3(C(C)=CC5=C3C=CC=CC5c3ccc5cccc(OC)c5c3)[SiH](C)[C]43C(C)=CC4=C3C=CC=CC4c3ccc4cccc(OC)c4c3)cc12. The molecule has 8 aliphatic carbocycles. The average molecular weight is 1440 g/mol. The number of fused-ring (bicyclic) bond motifs is 12. The zero-order valence-electron chi connectivity index (χ0n) is 57.8. The van der Waals surface area contributed by atoms with E-state index in [-0.39, 0.29) is 23.7 Å². The number of allylic oxidation sites excluding steroid dienone is 32. The van der Waals surface area contributed by atoms with Crippen LogP contribution in [0.15, 0.2) is 334 Å². The third kappa shape index (κ3) is 6.93. The molecule has 5 spiro atoms. The predicted molar refractivity (Wildman–Crippen MR) is 418 cm³/mol. The molecule has 0 saturated carbocycles. The Morgan fingerprint density at radius 1 is 0.323 bits per heavy atom. The number of ether oxygens (including phenoxy) is 4. The van der Waals surface area contributed by atoms with Gasteiger partial charge in [-0.3, -0.25) is 0 Å². The second-order valence-corrected chi connectivity index (χ2v) is 69.5. The van der Waals surface area contributed by atoms with Crippen molar-refractivity contribution in [3.63, 3.8) is 0 Å². The first-order chi connectivity index (χ1) is 48.0. The van der Waals surface area contributed by atoms with Crippen molar-refractivity contribution in [1.82, 2.24) is 0 Å². The van der Waals surface area contributed by atoms with Crippen LogP contribution in [0.1, 0.15) is 73.6 Å². The third-order valence-electron chi connectivity index (χ3n) is 26.9. The Bertz CT molecular complexity index is 4930. The molecule has 18 rings (SSSR count). The molecule has 0 bridgehead atoms. The summed E-state index contributed by atoms with van der Waals surface area (Å²) in [5.41, 5.74) is 20.6. The van der Waals surface area contributed by atoms with Crippen molar-refractivity contribution < 1.29 is 33.9 Å². The van der Waals surface area contributed by atoms with Crippen molar-refractivity contribution in [2.75, 3.05) is 28.4 Å². The molecule has 0 radical (unpaired) electrons. The van der Waals surface area contributed by atoms with Crippen molar-refractivity contribution in [2.24, 2.45) is 0 Å². The van der Waals surface area contributed by atoms with Gasteiger partial charge in [-0.1, -0.05) is 0 Å². The number of hydrogen-bond acceptors (Lipinski definition) is 4. The minimum absolute atomic E-state index is 0.135. The molecule has 9 heteroatoms. The van der Waals surface area contributed by atoms with E-state index in [0.29, 0.717) is 0 Å². The van der Waals surface area contributed by atoms with Gasteiger partial charge in [-0.2, -0.15) is 0 Å².